The number of nitrogens with zero attached hydrogens (tertiary/aromatic N) is 4. The van der Waals surface area contributed by atoms with Crippen molar-refractivity contribution in [2.45, 2.75) is 18.0 Å². The molecule has 0 fully saturated rings. The van der Waals surface area contributed by atoms with E-state index in [2.05, 4.69) is 10.3 Å². The monoisotopic (exact) mass is 487 g/mol. The van der Waals surface area contributed by atoms with Gasteiger partial charge in [0.25, 0.3) is 15.9 Å². The van der Waals surface area contributed by atoms with Crippen LogP contribution in [0.4, 0.5) is 17.6 Å². The number of amides is 1. The molecule has 166 valence electrons. The van der Waals surface area contributed by atoms with E-state index in [1.165, 1.54) is 19.1 Å². The highest BCUT2D eigenvalue weighted by atomic mass is 35.5. The Kier molecular flexibility index (Phi) is 5.94. The molecular formula is C18H10ClF4N5O3S. The summed E-state index contributed by atoms with van der Waals surface area (Å²) in [5, 5.41) is 15.4. The minimum atomic E-state index is -4.84. The zero-order chi connectivity index (χ0) is 23.8. The second kappa shape index (κ2) is 8.21. The predicted molar refractivity (Wildman–Crippen MR) is 102 cm³/mol. The second-order valence-corrected chi connectivity index (χ2v) is 8.35. The number of nitrogens with one attached hydrogen (secondary N) is 1. The van der Waals surface area contributed by atoms with E-state index in [4.69, 9.17) is 16.9 Å². The first kappa shape index (κ1) is 23.2. The molecule has 1 heterocycles. The fourth-order valence-corrected chi connectivity index (χ4v) is 4.11. The van der Waals surface area contributed by atoms with Gasteiger partial charge in [-0.05, 0) is 43.3 Å². The maximum absolute atomic E-state index is 14.2. The van der Waals surface area contributed by atoms with Gasteiger partial charge in [0.15, 0.2) is 5.69 Å². The van der Waals surface area contributed by atoms with E-state index in [1.807, 2.05) is 0 Å². The van der Waals surface area contributed by atoms with Crippen LogP contribution in [0, 0.1) is 24.1 Å². The highest BCUT2D eigenvalue weighted by molar-refractivity contribution is 7.90. The molecule has 2 aromatic carbocycles. The van der Waals surface area contributed by atoms with Crippen molar-refractivity contribution in [1.29, 1.82) is 5.26 Å². The van der Waals surface area contributed by atoms with Gasteiger partial charge in [-0.2, -0.15) is 18.4 Å². The zero-order valence-corrected chi connectivity index (χ0v) is 17.3. The third-order valence-corrected chi connectivity index (χ3v) is 6.00. The molecule has 1 aromatic heterocycles. The van der Waals surface area contributed by atoms with Crippen molar-refractivity contribution in [2.75, 3.05) is 0 Å². The molecule has 0 unspecified atom stereocenters. The van der Waals surface area contributed by atoms with Gasteiger partial charge in [-0.15, -0.1) is 5.10 Å². The van der Waals surface area contributed by atoms with E-state index in [1.54, 1.807) is 10.8 Å². The molecule has 0 saturated carbocycles. The van der Waals surface area contributed by atoms with Crippen molar-refractivity contribution >= 4 is 27.5 Å². The SMILES string of the molecule is Cc1c(C(=O)NS(=O)(=O)c2cc(C(F)(F)F)ccc2Cl)nnn1-c1ccc(C#N)cc1F. The van der Waals surface area contributed by atoms with E-state index in [0.29, 0.717) is 6.07 Å². The van der Waals surface area contributed by atoms with Gasteiger partial charge in [-0.25, -0.2) is 22.2 Å². The Morgan fingerprint density at radius 1 is 1.22 bits per heavy atom. The summed E-state index contributed by atoms with van der Waals surface area (Å²) in [6, 6.07) is 6.78. The molecule has 0 aliphatic heterocycles. The molecule has 0 atom stereocenters. The maximum Gasteiger partial charge on any atom is 0.416 e. The first-order chi connectivity index (χ1) is 14.8. The van der Waals surface area contributed by atoms with Crippen LogP contribution in [-0.4, -0.2) is 29.3 Å². The fourth-order valence-electron chi connectivity index (χ4n) is 2.63. The Hall–Kier alpha value is -3.50. The van der Waals surface area contributed by atoms with Crippen molar-refractivity contribution in [3.05, 3.63) is 69.8 Å². The average Bonchev–Trinajstić information content (AvgIpc) is 3.08. The van der Waals surface area contributed by atoms with Crippen LogP contribution in [0.25, 0.3) is 5.69 Å². The van der Waals surface area contributed by atoms with Crippen molar-refractivity contribution in [3.63, 3.8) is 0 Å². The molecule has 1 amide bonds. The Bertz CT molecular complexity index is 1380. The third kappa shape index (κ3) is 4.41. The van der Waals surface area contributed by atoms with Gasteiger partial charge in [-0.1, -0.05) is 16.8 Å². The van der Waals surface area contributed by atoms with Gasteiger partial charge in [0, 0.05) is 0 Å². The summed E-state index contributed by atoms with van der Waals surface area (Å²) < 4.78 is 80.5. The van der Waals surface area contributed by atoms with E-state index >= 15 is 0 Å². The second-order valence-electron chi connectivity index (χ2n) is 6.29. The van der Waals surface area contributed by atoms with Crippen LogP contribution in [0.15, 0.2) is 41.3 Å². The van der Waals surface area contributed by atoms with Gasteiger partial charge in [0.1, 0.15) is 16.4 Å². The number of hydrogen-bond donors (Lipinski definition) is 1. The summed E-state index contributed by atoms with van der Waals surface area (Å²) in [7, 11) is -4.83. The number of aromatic nitrogens is 3. The van der Waals surface area contributed by atoms with Crippen LogP contribution in [0.3, 0.4) is 0 Å². The number of hydrogen-bond acceptors (Lipinski definition) is 6. The lowest BCUT2D eigenvalue weighted by molar-refractivity contribution is -0.137. The number of sulfonamides is 1. The van der Waals surface area contributed by atoms with Crippen LogP contribution < -0.4 is 4.72 Å². The van der Waals surface area contributed by atoms with Gasteiger partial charge >= 0.3 is 6.18 Å². The Labute approximate surface area is 183 Å². The van der Waals surface area contributed by atoms with Gasteiger partial charge in [0.05, 0.1) is 27.9 Å². The number of nitriles is 1. The van der Waals surface area contributed by atoms with Crippen molar-refractivity contribution in [3.8, 4) is 11.8 Å². The molecule has 0 spiro atoms. The molecule has 1 N–H and O–H groups in total. The number of benzene rings is 2. The molecule has 3 rings (SSSR count). The molecule has 0 aliphatic carbocycles. The molecule has 8 nitrogen and oxygen atoms in total. The Morgan fingerprint density at radius 2 is 1.91 bits per heavy atom. The largest absolute Gasteiger partial charge is 0.416 e. The smallest absolute Gasteiger partial charge is 0.266 e. The highest BCUT2D eigenvalue weighted by Crippen LogP contribution is 2.33. The van der Waals surface area contributed by atoms with E-state index < -0.39 is 49.1 Å². The van der Waals surface area contributed by atoms with Crippen LogP contribution in [-0.2, 0) is 16.2 Å². The van der Waals surface area contributed by atoms with E-state index in [-0.39, 0.29) is 23.0 Å². The van der Waals surface area contributed by atoms with Gasteiger partial charge in [0.2, 0.25) is 0 Å². The average molecular weight is 488 g/mol. The van der Waals surface area contributed by atoms with Crippen molar-refractivity contribution < 1.29 is 30.8 Å². The lowest BCUT2D eigenvalue weighted by Crippen LogP contribution is -2.31. The van der Waals surface area contributed by atoms with Crippen molar-refractivity contribution in [2.24, 2.45) is 0 Å². The molecule has 32 heavy (non-hydrogen) atoms. The van der Waals surface area contributed by atoms with Crippen LogP contribution in [0.1, 0.15) is 27.3 Å². The quantitative estimate of drug-likeness (QED) is 0.564. The molecular weight excluding hydrogens is 478 g/mol. The summed E-state index contributed by atoms with van der Waals surface area (Å²) in [5.74, 6) is -2.18. The number of carbonyl (C=O) groups is 1. The minimum absolute atomic E-state index is 0.0334. The summed E-state index contributed by atoms with van der Waals surface area (Å²) >= 11 is 5.72. The first-order valence-corrected chi connectivity index (χ1v) is 10.3. The molecule has 0 bridgehead atoms. The molecule has 0 saturated heterocycles. The van der Waals surface area contributed by atoms with Gasteiger partial charge < -0.3 is 0 Å². The lowest BCUT2D eigenvalue weighted by atomic mass is 10.2. The highest BCUT2D eigenvalue weighted by Gasteiger charge is 2.33. The topological polar surface area (TPSA) is 118 Å². The molecule has 0 radical (unpaired) electrons. The van der Waals surface area contributed by atoms with Crippen LogP contribution >= 0.6 is 11.6 Å². The fraction of sp³-hybridized carbons (Fsp3) is 0.111. The number of carbonyl (C=O) groups excluding carboxylic acids is 1. The normalized spacial score (nSPS) is 11.8. The molecule has 14 heteroatoms. The molecule has 3 aromatic rings. The third-order valence-electron chi connectivity index (χ3n) is 4.19. The molecule has 0 aliphatic rings. The number of halogens is 5. The summed E-state index contributed by atoms with van der Waals surface area (Å²) in [5.41, 5.74) is -2.02. The van der Waals surface area contributed by atoms with E-state index in [0.717, 1.165) is 16.8 Å². The summed E-state index contributed by atoms with van der Waals surface area (Å²) in [6.45, 7) is 1.29. The number of rotatable bonds is 4. The Balaban J connectivity index is 1.94. The lowest BCUT2D eigenvalue weighted by Gasteiger charge is -2.11. The Morgan fingerprint density at radius 3 is 2.50 bits per heavy atom. The summed E-state index contributed by atoms with van der Waals surface area (Å²) in [4.78, 5) is 11.5. The standard InChI is InChI=1S/C18H10ClF4N5O3S/c1-9-16(25-27-28(9)14-5-2-10(8-24)6-13(14)20)17(29)26-32(30,31)15-7-11(18(21,22)23)3-4-12(15)19/h2-7H,1H3,(H,26,29). The zero-order valence-electron chi connectivity index (χ0n) is 15.8. The first-order valence-electron chi connectivity index (χ1n) is 8.41. The van der Waals surface area contributed by atoms with Crippen molar-refractivity contribution in [1.82, 2.24) is 19.7 Å². The minimum Gasteiger partial charge on any atom is -0.266 e. The van der Waals surface area contributed by atoms with Crippen LogP contribution in [0.5, 0.6) is 0 Å². The number of alkyl halides is 3. The van der Waals surface area contributed by atoms with E-state index in [9.17, 15) is 30.8 Å². The van der Waals surface area contributed by atoms with Crippen LogP contribution in [0.2, 0.25) is 5.02 Å². The summed E-state index contributed by atoms with van der Waals surface area (Å²) in [6.07, 6.45) is -4.84. The maximum atomic E-state index is 14.2. The predicted octanol–water partition coefficient (Wildman–Crippen LogP) is 3.38. The van der Waals surface area contributed by atoms with Gasteiger partial charge in [-0.3, -0.25) is 4.79 Å².